The highest BCUT2D eigenvalue weighted by Crippen LogP contribution is 2.30. The Labute approximate surface area is 114 Å². The van der Waals surface area contributed by atoms with Gasteiger partial charge in [0.2, 0.25) is 0 Å². The van der Waals surface area contributed by atoms with Crippen molar-refractivity contribution in [3.63, 3.8) is 0 Å². The molecule has 1 heterocycles. The Kier molecular flexibility index (Phi) is 4.01. The molecule has 19 heavy (non-hydrogen) atoms. The smallest absolute Gasteiger partial charge is 0.287 e. The SMILES string of the molecule is COc1ccc(Sc2ncc([N+](=O)[O-])cc2C)cc1. The van der Waals surface area contributed by atoms with Crippen LogP contribution in [-0.4, -0.2) is 17.0 Å². The van der Waals surface area contributed by atoms with Gasteiger partial charge >= 0.3 is 0 Å². The van der Waals surface area contributed by atoms with E-state index < -0.39 is 4.92 Å². The lowest BCUT2D eigenvalue weighted by molar-refractivity contribution is -0.385. The Balaban J connectivity index is 2.20. The molecular weight excluding hydrogens is 264 g/mol. The number of hydrogen-bond donors (Lipinski definition) is 0. The van der Waals surface area contributed by atoms with Crippen molar-refractivity contribution in [1.29, 1.82) is 0 Å². The van der Waals surface area contributed by atoms with Crippen LogP contribution in [0.1, 0.15) is 5.56 Å². The Morgan fingerprint density at radius 3 is 2.53 bits per heavy atom. The quantitative estimate of drug-likeness (QED) is 0.632. The van der Waals surface area contributed by atoms with Gasteiger partial charge in [-0.1, -0.05) is 11.8 Å². The van der Waals surface area contributed by atoms with Crippen molar-refractivity contribution in [3.05, 3.63) is 52.2 Å². The zero-order valence-electron chi connectivity index (χ0n) is 10.5. The molecule has 2 aromatic rings. The number of pyridine rings is 1. The molecule has 6 heteroatoms. The average Bonchev–Trinajstić information content (AvgIpc) is 2.41. The summed E-state index contributed by atoms with van der Waals surface area (Å²) in [5.74, 6) is 0.790. The van der Waals surface area contributed by atoms with Gasteiger partial charge in [-0.15, -0.1) is 0 Å². The van der Waals surface area contributed by atoms with Gasteiger partial charge in [0, 0.05) is 11.0 Å². The van der Waals surface area contributed by atoms with Gasteiger partial charge < -0.3 is 4.74 Å². The van der Waals surface area contributed by atoms with Gasteiger partial charge in [-0.2, -0.15) is 0 Å². The summed E-state index contributed by atoms with van der Waals surface area (Å²) in [7, 11) is 1.62. The molecule has 98 valence electrons. The Bertz CT molecular complexity index is 599. The lowest BCUT2D eigenvalue weighted by Gasteiger charge is -2.05. The number of hydrogen-bond acceptors (Lipinski definition) is 5. The van der Waals surface area contributed by atoms with E-state index in [9.17, 15) is 10.1 Å². The van der Waals surface area contributed by atoms with Gasteiger partial charge in [0.25, 0.3) is 5.69 Å². The zero-order chi connectivity index (χ0) is 13.8. The molecule has 0 atom stereocenters. The molecular formula is C13H12N2O3S. The van der Waals surface area contributed by atoms with Crippen LogP contribution in [0.15, 0.2) is 46.5 Å². The molecule has 0 aliphatic heterocycles. The number of aromatic nitrogens is 1. The Hall–Kier alpha value is -2.08. The summed E-state index contributed by atoms with van der Waals surface area (Å²) in [5.41, 5.74) is 0.798. The molecule has 0 aliphatic carbocycles. The first kappa shape index (κ1) is 13.4. The van der Waals surface area contributed by atoms with Crippen LogP contribution in [0.25, 0.3) is 0 Å². The Morgan fingerprint density at radius 2 is 2.00 bits per heavy atom. The van der Waals surface area contributed by atoms with E-state index in [4.69, 9.17) is 4.74 Å². The number of methoxy groups -OCH3 is 1. The average molecular weight is 276 g/mol. The second-order valence-corrected chi connectivity index (χ2v) is 4.91. The first-order valence-corrected chi connectivity index (χ1v) is 6.35. The normalized spacial score (nSPS) is 10.2. The van der Waals surface area contributed by atoms with Crippen LogP contribution in [0.2, 0.25) is 0 Å². The van der Waals surface area contributed by atoms with Gasteiger partial charge in [-0.25, -0.2) is 4.98 Å². The van der Waals surface area contributed by atoms with E-state index >= 15 is 0 Å². The molecule has 0 aliphatic rings. The molecule has 0 saturated heterocycles. The van der Waals surface area contributed by atoms with E-state index in [2.05, 4.69) is 4.98 Å². The minimum Gasteiger partial charge on any atom is -0.497 e. The fraction of sp³-hybridized carbons (Fsp3) is 0.154. The van der Waals surface area contributed by atoms with Crippen molar-refractivity contribution >= 4 is 17.4 Å². The largest absolute Gasteiger partial charge is 0.497 e. The number of ether oxygens (including phenoxy) is 1. The molecule has 0 amide bonds. The van der Waals surface area contributed by atoms with Gasteiger partial charge in [-0.05, 0) is 36.8 Å². The molecule has 0 fully saturated rings. The van der Waals surface area contributed by atoms with E-state index in [0.29, 0.717) is 0 Å². The summed E-state index contributed by atoms with van der Waals surface area (Å²) < 4.78 is 5.09. The standard InChI is InChI=1S/C13H12N2O3S/c1-9-7-10(15(16)17)8-14-13(9)19-12-5-3-11(18-2)4-6-12/h3-8H,1-2H3. The van der Waals surface area contributed by atoms with Gasteiger partial charge in [0.05, 0.1) is 12.0 Å². The van der Waals surface area contributed by atoms with Gasteiger partial charge in [0.1, 0.15) is 17.0 Å². The zero-order valence-corrected chi connectivity index (χ0v) is 11.3. The third-order valence-electron chi connectivity index (χ3n) is 2.50. The first-order chi connectivity index (χ1) is 9.10. The highest BCUT2D eigenvalue weighted by Gasteiger charge is 2.10. The van der Waals surface area contributed by atoms with E-state index in [1.165, 1.54) is 24.0 Å². The molecule has 2 rings (SSSR count). The summed E-state index contributed by atoms with van der Waals surface area (Å²) in [5, 5.41) is 11.4. The monoisotopic (exact) mass is 276 g/mol. The van der Waals surface area contributed by atoms with Gasteiger partial charge in [-0.3, -0.25) is 10.1 Å². The fourth-order valence-corrected chi connectivity index (χ4v) is 2.33. The molecule has 0 unspecified atom stereocenters. The van der Waals surface area contributed by atoms with Crippen LogP contribution in [0.4, 0.5) is 5.69 Å². The summed E-state index contributed by atoms with van der Waals surface area (Å²) in [6, 6.07) is 9.10. The van der Waals surface area contributed by atoms with Crippen molar-refractivity contribution in [2.45, 2.75) is 16.8 Å². The van der Waals surface area contributed by atoms with Crippen LogP contribution in [0, 0.1) is 17.0 Å². The van der Waals surface area contributed by atoms with Crippen LogP contribution in [0.5, 0.6) is 5.75 Å². The molecule has 1 aromatic carbocycles. The third kappa shape index (κ3) is 3.23. The number of nitro groups is 1. The first-order valence-electron chi connectivity index (χ1n) is 5.53. The van der Waals surface area contributed by atoms with Crippen LogP contribution < -0.4 is 4.74 Å². The van der Waals surface area contributed by atoms with Crippen molar-refractivity contribution < 1.29 is 9.66 Å². The number of rotatable bonds is 4. The summed E-state index contributed by atoms with van der Waals surface area (Å²) in [6.07, 6.45) is 1.28. The fourth-order valence-electron chi connectivity index (χ4n) is 1.51. The minimum absolute atomic E-state index is 0.0107. The summed E-state index contributed by atoms with van der Waals surface area (Å²) in [4.78, 5) is 15.3. The van der Waals surface area contributed by atoms with Crippen LogP contribution in [0.3, 0.4) is 0 Å². The molecule has 0 N–H and O–H groups in total. The van der Waals surface area contributed by atoms with Crippen molar-refractivity contribution in [1.82, 2.24) is 4.98 Å². The molecule has 0 saturated carbocycles. The molecule has 5 nitrogen and oxygen atoms in total. The lowest BCUT2D eigenvalue weighted by Crippen LogP contribution is -1.92. The van der Waals surface area contributed by atoms with Crippen molar-refractivity contribution in [3.8, 4) is 5.75 Å². The maximum atomic E-state index is 10.6. The van der Waals surface area contributed by atoms with Gasteiger partial charge in [0.15, 0.2) is 0 Å². The van der Waals surface area contributed by atoms with Crippen LogP contribution in [-0.2, 0) is 0 Å². The van der Waals surface area contributed by atoms with E-state index in [0.717, 1.165) is 21.2 Å². The highest BCUT2D eigenvalue weighted by molar-refractivity contribution is 7.99. The number of aryl methyl sites for hydroxylation is 1. The van der Waals surface area contributed by atoms with E-state index in [-0.39, 0.29) is 5.69 Å². The Morgan fingerprint density at radius 1 is 1.32 bits per heavy atom. The topological polar surface area (TPSA) is 65.3 Å². The molecule has 0 bridgehead atoms. The molecule has 0 spiro atoms. The lowest BCUT2D eigenvalue weighted by atomic mass is 10.3. The summed E-state index contributed by atoms with van der Waals surface area (Å²) in [6.45, 7) is 1.81. The third-order valence-corrected chi connectivity index (χ3v) is 3.63. The van der Waals surface area contributed by atoms with E-state index in [1.54, 1.807) is 7.11 Å². The van der Waals surface area contributed by atoms with Crippen molar-refractivity contribution in [2.75, 3.05) is 7.11 Å². The van der Waals surface area contributed by atoms with Crippen LogP contribution >= 0.6 is 11.8 Å². The second-order valence-electron chi connectivity index (χ2n) is 3.85. The number of nitrogens with zero attached hydrogens (tertiary/aromatic N) is 2. The molecule has 0 radical (unpaired) electrons. The number of benzene rings is 1. The summed E-state index contributed by atoms with van der Waals surface area (Å²) >= 11 is 1.46. The maximum absolute atomic E-state index is 10.6. The highest BCUT2D eigenvalue weighted by atomic mass is 32.2. The minimum atomic E-state index is -0.443. The molecule has 1 aromatic heterocycles. The predicted molar refractivity (Wildman–Crippen MR) is 72.7 cm³/mol. The maximum Gasteiger partial charge on any atom is 0.287 e. The predicted octanol–water partition coefficient (Wildman–Crippen LogP) is 3.46. The van der Waals surface area contributed by atoms with Crippen molar-refractivity contribution in [2.24, 2.45) is 0 Å². The van der Waals surface area contributed by atoms with E-state index in [1.807, 2.05) is 31.2 Å². The second kappa shape index (κ2) is 5.71.